The van der Waals surface area contributed by atoms with Gasteiger partial charge >= 0.3 is 0 Å². The number of rotatable bonds is 4. The standard InChI is InChI=1S/C15H26N2O5/c1-9-3-5-17(6-4-9)13(19)7-11-14(20)15(21)12(22-11)8-16-10(2)18/h9,11-12,14-15,20-21H,3-8H2,1-2H3,(H,16,18). The van der Waals surface area contributed by atoms with E-state index in [0.29, 0.717) is 5.92 Å². The molecule has 0 aromatic heterocycles. The second-order valence-corrected chi connectivity index (χ2v) is 6.40. The van der Waals surface area contributed by atoms with Crippen molar-refractivity contribution in [2.45, 2.75) is 57.5 Å². The highest BCUT2D eigenvalue weighted by atomic mass is 16.5. The summed E-state index contributed by atoms with van der Waals surface area (Å²) in [6, 6.07) is 0. The Balaban J connectivity index is 1.84. The van der Waals surface area contributed by atoms with Crippen molar-refractivity contribution in [1.29, 1.82) is 0 Å². The van der Waals surface area contributed by atoms with Crippen LogP contribution in [0.15, 0.2) is 0 Å². The molecule has 2 saturated heterocycles. The third-order valence-electron chi connectivity index (χ3n) is 4.53. The van der Waals surface area contributed by atoms with E-state index in [-0.39, 0.29) is 24.8 Å². The summed E-state index contributed by atoms with van der Waals surface area (Å²) in [5.74, 6) is 0.358. The zero-order chi connectivity index (χ0) is 16.3. The summed E-state index contributed by atoms with van der Waals surface area (Å²) < 4.78 is 5.56. The molecule has 2 heterocycles. The van der Waals surface area contributed by atoms with E-state index in [4.69, 9.17) is 4.74 Å². The SMILES string of the molecule is CC(=O)NCC1OC(CC(=O)N2CCC(C)CC2)C(O)C1O. The van der Waals surface area contributed by atoms with Crippen molar-refractivity contribution in [2.75, 3.05) is 19.6 Å². The van der Waals surface area contributed by atoms with Gasteiger partial charge < -0.3 is 25.2 Å². The van der Waals surface area contributed by atoms with Crippen molar-refractivity contribution in [1.82, 2.24) is 10.2 Å². The van der Waals surface area contributed by atoms with Gasteiger partial charge in [-0.25, -0.2) is 0 Å². The van der Waals surface area contributed by atoms with E-state index in [1.807, 2.05) is 0 Å². The van der Waals surface area contributed by atoms with Gasteiger partial charge in [0.15, 0.2) is 0 Å². The molecule has 2 aliphatic rings. The molecule has 4 unspecified atom stereocenters. The molecule has 126 valence electrons. The molecule has 22 heavy (non-hydrogen) atoms. The highest BCUT2D eigenvalue weighted by Crippen LogP contribution is 2.25. The van der Waals surface area contributed by atoms with Crippen LogP contribution in [0.5, 0.6) is 0 Å². The average molecular weight is 314 g/mol. The number of aliphatic hydroxyl groups is 2. The van der Waals surface area contributed by atoms with Crippen molar-refractivity contribution in [3.63, 3.8) is 0 Å². The molecule has 2 aliphatic heterocycles. The van der Waals surface area contributed by atoms with Gasteiger partial charge in [-0.3, -0.25) is 9.59 Å². The highest BCUT2D eigenvalue weighted by Gasteiger charge is 2.43. The number of nitrogens with zero attached hydrogens (tertiary/aromatic N) is 1. The molecule has 0 bridgehead atoms. The monoisotopic (exact) mass is 314 g/mol. The van der Waals surface area contributed by atoms with E-state index in [0.717, 1.165) is 25.9 Å². The van der Waals surface area contributed by atoms with Crippen LogP contribution >= 0.6 is 0 Å². The molecule has 3 N–H and O–H groups in total. The molecule has 0 radical (unpaired) electrons. The summed E-state index contributed by atoms with van der Waals surface area (Å²) in [7, 11) is 0. The van der Waals surface area contributed by atoms with E-state index >= 15 is 0 Å². The maximum absolute atomic E-state index is 12.3. The quantitative estimate of drug-likeness (QED) is 0.635. The Bertz CT molecular complexity index is 409. The molecule has 0 aliphatic carbocycles. The molecule has 2 fully saturated rings. The summed E-state index contributed by atoms with van der Waals surface area (Å²) in [5, 5.41) is 22.5. The van der Waals surface area contributed by atoms with Crippen LogP contribution in [0, 0.1) is 5.92 Å². The Morgan fingerprint density at radius 1 is 1.18 bits per heavy atom. The fraction of sp³-hybridized carbons (Fsp3) is 0.867. The number of aliphatic hydroxyl groups excluding tert-OH is 2. The Morgan fingerprint density at radius 3 is 2.36 bits per heavy atom. The minimum absolute atomic E-state index is 0.0525. The van der Waals surface area contributed by atoms with Gasteiger partial charge in [-0.15, -0.1) is 0 Å². The Labute approximate surface area is 130 Å². The van der Waals surface area contributed by atoms with Crippen LogP contribution in [0.25, 0.3) is 0 Å². The predicted octanol–water partition coefficient (Wildman–Crippen LogP) is -0.740. The van der Waals surface area contributed by atoms with Crippen molar-refractivity contribution in [3.05, 3.63) is 0 Å². The largest absolute Gasteiger partial charge is 0.388 e. The summed E-state index contributed by atoms with van der Waals surface area (Å²) in [4.78, 5) is 25.0. The molecule has 0 spiro atoms. The van der Waals surface area contributed by atoms with Crippen LogP contribution < -0.4 is 5.32 Å². The van der Waals surface area contributed by atoms with E-state index in [2.05, 4.69) is 12.2 Å². The van der Waals surface area contributed by atoms with Crippen LogP contribution in [-0.4, -0.2) is 71.0 Å². The first-order chi connectivity index (χ1) is 10.4. The van der Waals surface area contributed by atoms with E-state index in [1.165, 1.54) is 6.92 Å². The van der Waals surface area contributed by atoms with Gasteiger partial charge in [-0.05, 0) is 18.8 Å². The number of ether oxygens (including phenoxy) is 1. The molecule has 7 heteroatoms. The number of carbonyl (C=O) groups is 2. The van der Waals surface area contributed by atoms with Crippen LogP contribution in [0.1, 0.15) is 33.1 Å². The summed E-state index contributed by atoms with van der Waals surface area (Å²) in [5.41, 5.74) is 0. The highest BCUT2D eigenvalue weighted by molar-refractivity contribution is 5.77. The smallest absolute Gasteiger partial charge is 0.225 e. The molecule has 4 atom stereocenters. The number of hydrogen-bond donors (Lipinski definition) is 3. The molecule has 0 aromatic carbocycles. The lowest BCUT2D eigenvalue weighted by atomic mass is 9.98. The molecule has 7 nitrogen and oxygen atoms in total. The minimum Gasteiger partial charge on any atom is -0.388 e. The van der Waals surface area contributed by atoms with Gasteiger partial charge in [0.1, 0.15) is 18.3 Å². The van der Waals surface area contributed by atoms with Crippen LogP contribution in [0.4, 0.5) is 0 Å². The second kappa shape index (κ2) is 7.39. The van der Waals surface area contributed by atoms with Crippen molar-refractivity contribution in [2.24, 2.45) is 5.92 Å². The second-order valence-electron chi connectivity index (χ2n) is 6.40. The zero-order valence-corrected chi connectivity index (χ0v) is 13.2. The normalized spacial score (nSPS) is 33.0. The topological polar surface area (TPSA) is 99.1 Å². The third kappa shape index (κ3) is 4.18. The predicted molar refractivity (Wildman–Crippen MR) is 79.0 cm³/mol. The van der Waals surface area contributed by atoms with Gasteiger partial charge in [-0.1, -0.05) is 6.92 Å². The zero-order valence-electron chi connectivity index (χ0n) is 13.2. The third-order valence-corrected chi connectivity index (χ3v) is 4.53. The van der Waals surface area contributed by atoms with E-state index in [9.17, 15) is 19.8 Å². The van der Waals surface area contributed by atoms with Gasteiger partial charge in [0.05, 0.1) is 12.5 Å². The van der Waals surface area contributed by atoms with Gasteiger partial charge in [0, 0.05) is 26.6 Å². The first kappa shape index (κ1) is 17.2. The Kier molecular flexibility index (Phi) is 5.77. The molecule has 2 rings (SSSR count). The van der Waals surface area contributed by atoms with Crippen molar-refractivity contribution >= 4 is 11.8 Å². The number of carbonyl (C=O) groups excluding carboxylic acids is 2. The minimum atomic E-state index is -1.11. The van der Waals surface area contributed by atoms with E-state index < -0.39 is 24.4 Å². The Morgan fingerprint density at radius 2 is 1.77 bits per heavy atom. The maximum atomic E-state index is 12.3. The number of likely N-dealkylation sites (tertiary alicyclic amines) is 1. The van der Waals surface area contributed by atoms with Crippen molar-refractivity contribution in [3.8, 4) is 0 Å². The molecular formula is C15H26N2O5. The molecule has 0 saturated carbocycles. The average Bonchev–Trinajstić information content (AvgIpc) is 2.74. The first-order valence-corrected chi connectivity index (χ1v) is 7.92. The van der Waals surface area contributed by atoms with Crippen LogP contribution in [0.2, 0.25) is 0 Å². The first-order valence-electron chi connectivity index (χ1n) is 7.92. The van der Waals surface area contributed by atoms with Gasteiger partial charge in [-0.2, -0.15) is 0 Å². The summed E-state index contributed by atoms with van der Waals surface area (Å²) >= 11 is 0. The molecule has 0 aromatic rings. The lowest BCUT2D eigenvalue weighted by molar-refractivity contribution is -0.136. The number of hydrogen-bond acceptors (Lipinski definition) is 5. The van der Waals surface area contributed by atoms with Crippen LogP contribution in [0.3, 0.4) is 0 Å². The lowest BCUT2D eigenvalue weighted by Gasteiger charge is -2.31. The maximum Gasteiger partial charge on any atom is 0.225 e. The summed E-state index contributed by atoms with van der Waals surface area (Å²) in [6.07, 6.45) is -1.55. The fourth-order valence-electron chi connectivity index (χ4n) is 2.97. The Hall–Kier alpha value is -1.18. The van der Waals surface area contributed by atoms with Gasteiger partial charge in [0.25, 0.3) is 0 Å². The molecular weight excluding hydrogens is 288 g/mol. The fourth-order valence-corrected chi connectivity index (χ4v) is 2.97. The lowest BCUT2D eigenvalue weighted by Crippen LogP contribution is -2.41. The number of piperidine rings is 1. The van der Waals surface area contributed by atoms with Crippen molar-refractivity contribution < 1.29 is 24.5 Å². The molecule has 2 amide bonds. The van der Waals surface area contributed by atoms with Gasteiger partial charge in [0.2, 0.25) is 11.8 Å². The van der Waals surface area contributed by atoms with Crippen LogP contribution in [-0.2, 0) is 14.3 Å². The number of nitrogens with one attached hydrogen (secondary N) is 1. The number of amides is 2. The van der Waals surface area contributed by atoms with E-state index in [1.54, 1.807) is 4.90 Å². The summed E-state index contributed by atoms with van der Waals surface area (Å²) in [6.45, 7) is 5.14.